The highest BCUT2D eigenvalue weighted by Gasteiger charge is 2.14. The van der Waals surface area contributed by atoms with Crippen LogP contribution < -0.4 is 5.32 Å². The Morgan fingerprint density at radius 1 is 1.04 bits per heavy atom. The number of pyridine rings is 1. The molecule has 3 nitrogen and oxygen atoms in total. The number of nitrogens with zero attached hydrogens (tertiary/aromatic N) is 1. The van der Waals surface area contributed by atoms with Gasteiger partial charge >= 0.3 is 0 Å². The van der Waals surface area contributed by atoms with Crippen LogP contribution in [-0.2, 0) is 6.54 Å². The van der Waals surface area contributed by atoms with Gasteiger partial charge in [-0.1, -0.05) is 18.2 Å². The van der Waals surface area contributed by atoms with Gasteiger partial charge in [-0.25, -0.2) is 8.78 Å². The second-order valence-corrected chi connectivity index (χ2v) is 6.95. The lowest BCUT2D eigenvalue weighted by Gasteiger charge is -2.16. The highest BCUT2D eigenvalue weighted by molar-refractivity contribution is 5.81. The van der Waals surface area contributed by atoms with Gasteiger partial charge in [-0.2, -0.15) is 0 Å². The van der Waals surface area contributed by atoms with E-state index in [2.05, 4.69) is 35.4 Å². The normalized spacial score (nSPS) is 13.6. The highest BCUT2D eigenvalue weighted by atomic mass is 19.1. The number of nitrogens with one attached hydrogen (secondary N) is 1. The van der Waals surface area contributed by atoms with Crippen molar-refractivity contribution < 1.29 is 13.9 Å². The first-order valence-electron chi connectivity index (χ1n) is 9.22. The van der Waals surface area contributed by atoms with Crippen molar-refractivity contribution in [1.29, 1.82) is 0 Å². The molecule has 3 rings (SSSR count). The van der Waals surface area contributed by atoms with Crippen molar-refractivity contribution >= 4 is 10.8 Å². The molecule has 0 spiro atoms. The summed E-state index contributed by atoms with van der Waals surface area (Å²) in [5.41, 5.74) is 1.36. The number of rotatable bonds is 8. The summed E-state index contributed by atoms with van der Waals surface area (Å²) in [6, 6.07) is 11.9. The topological polar surface area (TPSA) is 45.1 Å². The fourth-order valence-corrected chi connectivity index (χ4v) is 3.18. The molecular formula is C22H24F2N2O. The third kappa shape index (κ3) is 5.31. The van der Waals surface area contributed by atoms with E-state index < -0.39 is 17.7 Å². The lowest BCUT2D eigenvalue weighted by atomic mass is 10.0. The molecule has 0 bridgehead atoms. The molecule has 3 aromatic rings. The van der Waals surface area contributed by atoms with Crippen molar-refractivity contribution in [2.24, 2.45) is 0 Å². The fourth-order valence-electron chi connectivity index (χ4n) is 3.18. The molecule has 0 saturated carbocycles. The Bertz CT molecular complexity index is 900. The van der Waals surface area contributed by atoms with E-state index >= 15 is 0 Å². The smallest absolute Gasteiger partial charge is 0.131 e. The number of fused-ring (bicyclic) bond motifs is 1. The number of hydrogen-bond acceptors (Lipinski definition) is 3. The molecule has 1 unspecified atom stereocenters. The van der Waals surface area contributed by atoms with Gasteiger partial charge in [-0.3, -0.25) is 4.98 Å². The molecule has 2 aromatic carbocycles. The molecule has 0 saturated heterocycles. The van der Waals surface area contributed by atoms with E-state index in [1.165, 1.54) is 23.1 Å². The largest absolute Gasteiger partial charge is 0.388 e. The van der Waals surface area contributed by atoms with Gasteiger partial charge in [0.25, 0.3) is 0 Å². The van der Waals surface area contributed by atoms with Crippen LogP contribution in [0, 0.1) is 11.6 Å². The monoisotopic (exact) mass is 370 g/mol. The first-order chi connectivity index (χ1) is 13.0. The number of hydrogen-bond donors (Lipinski definition) is 2. The summed E-state index contributed by atoms with van der Waals surface area (Å²) < 4.78 is 26.6. The summed E-state index contributed by atoms with van der Waals surface area (Å²) in [4.78, 5) is 4.12. The predicted octanol–water partition coefficient (Wildman–Crippen LogP) is 4.90. The molecule has 27 heavy (non-hydrogen) atoms. The van der Waals surface area contributed by atoms with Crippen LogP contribution in [0.15, 0.2) is 54.9 Å². The standard InChI is InChI=1S/C22H24F2N2O/c1-15(3-2-4-22(27)20-8-7-19(23)12-21(20)24)26-13-16-5-6-18-14-25-10-9-17(18)11-16/h5-12,14-15,22,26-27H,2-4,13H2,1H3/t15-,22?/m1/s1. The van der Waals surface area contributed by atoms with Gasteiger partial charge in [0.2, 0.25) is 0 Å². The molecule has 0 radical (unpaired) electrons. The number of aromatic nitrogens is 1. The van der Waals surface area contributed by atoms with Crippen LogP contribution in [0.2, 0.25) is 0 Å². The Kier molecular flexibility index (Phi) is 6.48. The second kappa shape index (κ2) is 9.02. The zero-order chi connectivity index (χ0) is 19.2. The molecule has 0 amide bonds. The van der Waals surface area contributed by atoms with Gasteiger partial charge in [0, 0.05) is 42.0 Å². The van der Waals surface area contributed by atoms with Crippen LogP contribution in [0.1, 0.15) is 43.4 Å². The van der Waals surface area contributed by atoms with Crippen LogP contribution in [0.4, 0.5) is 8.78 Å². The van der Waals surface area contributed by atoms with Gasteiger partial charge in [0.05, 0.1) is 6.10 Å². The first kappa shape index (κ1) is 19.4. The predicted molar refractivity (Wildman–Crippen MR) is 103 cm³/mol. The third-order valence-corrected chi connectivity index (χ3v) is 4.80. The minimum atomic E-state index is -0.910. The maximum absolute atomic E-state index is 13.7. The summed E-state index contributed by atoms with van der Waals surface area (Å²) in [6.07, 6.45) is 4.78. The summed E-state index contributed by atoms with van der Waals surface area (Å²) in [5.74, 6) is -1.33. The van der Waals surface area contributed by atoms with Crippen molar-refractivity contribution in [3.8, 4) is 0 Å². The van der Waals surface area contributed by atoms with Gasteiger partial charge in [0.15, 0.2) is 0 Å². The molecule has 2 N–H and O–H groups in total. The van der Waals surface area contributed by atoms with E-state index in [1.807, 2.05) is 12.3 Å². The molecule has 142 valence electrons. The summed E-state index contributed by atoms with van der Waals surface area (Å²) in [5, 5.41) is 15.9. The van der Waals surface area contributed by atoms with Gasteiger partial charge in [0.1, 0.15) is 11.6 Å². The van der Waals surface area contributed by atoms with Crippen LogP contribution in [0.3, 0.4) is 0 Å². The zero-order valence-corrected chi connectivity index (χ0v) is 15.3. The summed E-state index contributed by atoms with van der Waals surface area (Å²) >= 11 is 0. The Labute approximate surface area is 158 Å². The molecule has 0 aliphatic rings. The second-order valence-electron chi connectivity index (χ2n) is 6.95. The number of aliphatic hydroxyl groups excluding tert-OH is 1. The molecule has 0 aliphatic heterocycles. The van der Waals surface area contributed by atoms with Crippen molar-refractivity contribution in [1.82, 2.24) is 10.3 Å². The maximum atomic E-state index is 13.7. The maximum Gasteiger partial charge on any atom is 0.131 e. The van der Waals surface area contributed by atoms with E-state index in [0.717, 1.165) is 30.8 Å². The van der Waals surface area contributed by atoms with Gasteiger partial charge in [-0.15, -0.1) is 0 Å². The number of benzene rings is 2. The van der Waals surface area contributed by atoms with Crippen molar-refractivity contribution in [3.05, 3.63) is 77.6 Å². The zero-order valence-electron chi connectivity index (χ0n) is 15.3. The summed E-state index contributed by atoms with van der Waals surface area (Å²) in [7, 11) is 0. The molecule has 1 aromatic heterocycles. The average molecular weight is 370 g/mol. The Balaban J connectivity index is 1.44. The van der Waals surface area contributed by atoms with Crippen molar-refractivity contribution in [2.45, 2.75) is 44.9 Å². The Morgan fingerprint density at radius 2 is 1.89 bits per heavy atom. The minimum absolute atomic E-state index is 0.155. The van der Waals surface area contributed by atoms with Gasteiger partial charge in [-0.05, 0) is 55.3 Å². The van der Waals surface area contributed by atoms with Crippen molar-refractivity contribution in [3.63, 3.8) is 0 Å². The molecule has 5 heteroatoms. The molecule has 0 aliphatic carbocycles. The lowest BCUT2D eigenvalue weighted by molar-refractivity contribution is 0.157. The SMILES string of the molecule is C[C@H](CCCC(O)c1ccc(F)cc1F)NCc1ccc2cnccc2c1. The third-order valence-electron chi connectivity index (χ3n) is 4.80. The molecule has 1 heterocycles. The van der Waals surface area contributed by atoms with Crippen LogP contribution in [0.25, 0.3) is 10.8 Å². The van der Waals surface area contributed by atoms with E-state index in [0.29, 0.717) is 6.42 Å². The quantitative estimate of drug-likeness (QED) is 0.593. The van der Waals surface area contributed by atoms with Crippen LogP contribution in [0.5, 0.6) is 0 Å². The lowest BCUT2D eigenvalue weighted by Crippen LogP contribution is -2.25. The number of halogens is 2. The van der Waals surface area contributed by atoms with E-state index in [9.17, 15) is 13.9 Å². The molecule has 0 fully saturated rings. The fraction of sp³-hybridized carbons (Fsp3) is 0.318. The molecule has 2 atom stereocenters. The average Bonchev–Trinajstić information content (AvgIpc) is 2.66. The Morgan fingerprint density at radius 3 is 2.70 bits per heavy atom. The van der Waals surface area contributed by atoms with E-state index in [-0.39, 0.29) is 11.6 Å². The number of aliphatic hydroxyl groups is 1. The van der Waals surface area contributed by atoms with Crippen molar-refractivity contribution in [2.75, 3.05) is 0 Å². The highest BCUT2D eigenvalue weighted by Crippen LogP contribution is 2.23. The first-order valence-corrected chi connectivity index (χ1v) is 9.22. The minimum Gasteiger partial charge on any atom is -0.388 e. The Hall–Kier alpha value is -2.37. The van der Waals surface area contributed by atoms with E-state index in [1.54, 1.807) is 6.20 Å². The van der Waals surface area contributed by atoms with Gasteiger partial charge < -0.3 is 10.4 Å². The summed E-state index contributed by atoms with van der Waals surface area (Å²) in [6.45, 7) is 2.85. The van der Waals surface area contributed by atoms with Crippen LogP contribution >= 0.6 is 0 Å². The van der Waals surface area contributed by atoms with Crippen LogP contribution in [-0.4, -0.2) is 16.1 Å². The molecular weight excluding hydrogens is 346 g/mol. The van der Waals surface area contributed by atoms with E-state index in [4.69, 9.17) is 0 Å².